The van der Waals surface area contributed by atoms with Gasteiger partial charge < -0.3 is 16.2 Å². The predicted molar refractivity (Wildman–Crippen MR) is 86.8 cm³/mol. The van der Waals surface area contributed by atoms with Crippen LogP contribution in [0.1, 0.15) is 25.3 Å². The van der Waals surface area contributed by atoms with Gasteiger partial charge in [0.05, 0.1) is 11.7 Å². The number of benzene rings is 1. The molecule has 0 spiro atoms. The summed E-state index contributed by atoms with van der Waals surface area (Å²) >= 11 is 0. The lowest BCUT2D eigenvalue weighted by atomic mass is 10.00. The number of hydrogen-bond donors (Lipinski definition) is 2. The van der Waals surface area contributed by atoms with Crippen LogP contribution in [0.4, 0.5) is 11.8 Å². The van der Waals surface area contributed by atoms with Crippen molar-refractivity contribution in [3.63, 3.8) is 0 Å². The predicted octanol–water partition coefficient (Wildman–Crippen LogP) is 3.10. The van der Waals surface area contributed by atoms with Gasteiger partial charge in [0.1, 0.15) is 5.75 Å². The molecule has 0 aliphatic heterocycles. The Labute approximate surface area is 128 Å². The summed E-state index contributed by atoms with van der Waals surface area (Å²) in [6, 6.07) is 7.86. The third-order valence-corrected chi connectivity index (χ3v) is 3.38. The minimum Gasteiger partial charge on any atom is -0.452 e. The molecule has 0 aliphatic carbocycles. The Morgan fingerprint density at radius 2 is 1.91 bits per heavy atom. The molecule has 22 heavy (non-hydrogen) atoms. The first kappa shape index (κ1) is 14.1. The number of aromatic nitrogens is 3. The van der Waals surface area contributed by atoms with E-state index in [4.69, 9.17) is 16.2 Å². The van der Waals surface area contributed by atoms with E-state index in [0.29, 0.717) is 5.75 Å². The van der Waals surface area contributed by atoms with Crippen LogP contribution in [-0.2, 0) is 0 Å². The van der Waals surface area contributed by atoms with Gasteiger partial charge in [0.15, 0.2) is 11.6 Å². The van der Waals surface area contributed by atoms with Crippen molar-refractivity contribution in [2.75, 3.05) is 11.5 Å². The summed E-state index contributed by atoms with van der Waals surface area (Å²) in [5, 5.41) is 0.997. The van der Waals surface area contributed by atoms with Crippen LogP contribution >= 0.6 is 0 Å². The molecule has 3 aromatic rings. The molecule has 2 heterocycles. The summed E-state index contributed by atoms with van der Waals surface area (Å²) in [4.78, 5) is 12.2. The largest absolute Gasteiger partial charge is 0.452 e. The quantitative estimate of drug-likeness (QED) is 0.770. The maximum absolute atomic E-state index is 5.93. The van der Waals surface area contributed by atoms with Gasteiger partial charge in [-0.3, -0.25) is 4.98 Å². The Bertz CT molecular complexity index is 832. The number of rotatable bonds is 3. The Kier molecular flexibility index (Phi) is 3.50. The van der Waals surface area contributed by atoms with Gasteiger partial charge in [-0.2, -0.15) is 4.98 Å². The molecular weight excluding hydrogens is 278 g/mol. The summed E-state index contributed by atoms with van der Waals surface area (Å²) in [5.41, 5.74) is 13.3. The second-order valence-electron chi connectivity index (χ2n) is 5.32. The zero-order valence-corrected chi connectivity index (χ0v) is 12.4. The maximum atomic E-state index is 5.93. The number of fused-ring (bicyclic) bond motifs is 1. The Hall–Kier alpha value is -2.89. The van der Waals surface area contributed by atoms with Crippen molar-refractivity contribution in [1.29, 1.82) is 0 Å². The average Bonchev–Trinajstić information content (AvgIpc) is 2.49. The molecule has 112 valence electrons. The first-order valence-corrected chi connectivity index (χ1v) is 6.99. The van der Waals surface area contributed by atoms with E-state index >= 15 is 0 Å². The number of nitrogens with two attached hydrogens (primary N) is 2. The average molecular weight is 295 g/mol. The number of nitrogen functional groups attached to an aromatic ring is 2. The van der Waals surface area contributed by atoms with Gasteiger partial charge in [-0.15, -0.1) is 0 Å². The van der Waals surface area contributed by atoms with Crippen molar-refractivity contribution in [3.05, 3.63) is 42.2 Å². The lowest BCUT2D eigenvalue weighted by Gasteiger charge is -2.15. The van der Waals surface area contributed by atoms with E-state index in [-0.39, 0.29) is 17.7 Å². The van der Waals surface area contributed by atoms with Crippen LogP contribution in [0.15, 0.2) is 36.7 Å². The number of ether oxygens (including phenoxy) is 1. The van der Waals surface area contributed by atoms with Gasteiger partial charge in [0.25, 0.3) is 0 Å². The second kappa shape index (κ2) is 5.48. The lowest BCUT2D eigenvalue weighted by molar-refractivity contribution is 0.472. The van der Waals surface area contributed by atoms with E-state index in [9.17, 15) is 0 Å². The lowest BCUT2D eigenvalue weighted by Crippen LogP contribution is -2.02. The molecule has 0 saturated carbocycles. The van der Waals surface area contributed by atoms with Gasteiger partial charge in [0, 0.05) is 11.6 Å². The van der Waals surface area contributed by atoms with Crippen LogP contribution in [0, 0.1) is 0 Å². The van der Waals surface area contributed by atoms with Gasteiger partial charge >= 0.3 is 0 Å². The summed E-state index contributed by atoms with van der Waals surface area (Å²) in [6.07, 6.45) is 3.26. The fourth-order valence-corrected chi connectivity index (χ4v) is 2.25. The summed E-state index contributed by atoms with van der Waals surface area (Å²) in [7, 11) is 0. The molecule has 4 N–H and O–H groups in total. The normalized spacial score (nSPS) is 11.0. The zero-order chi connectivity index (χ0) is 15.7. The maximum Gasteiger partial charge on any atom is 0.222 e. The molecule has 2 aromatic heterocycles. The van der Waals surface area contributed by atoms with Crippen LogP contribution in [0.2, 0.25) is 0 Å². The highest BCUT2D eigenvalue weighted by molar-refractivity contribution is 5.81. The highest BCUT2D eigenvalue weighted by Crippen LogP contribution is 2.35. The first-order chi connectivity index (χ1) is 10.5. The molecule has 1 aromatic carbocycles. The zero-order valence-electron chi connectivity index (χ0n) is 12.4. The third kappa shape index (κ3) is 2.63. The molecule has 0 saturated heterocycles. The third-order valence-electron chi connectivity index (χ3n) is 3.38. The highest BCUT2D eigenvalue weighted by atomic mass is 16.5. The van der Waals surface area contributed by atoms with Crippen LogP contribution in [0.25, 0.3) is 10.9 Å². The SMILES string of the molecule is CC(C)c1cc2ncccc2cc1Oc1cnc(N)nc1N. The molecule has 6 nitrogen and oxygen atoms in total. The van der Waals surface area contributed by atoms with E-state index in [2.05, 4.69) is 28.8 Å². The van der Waals surface area contributed by atoms with Crippen molar-refractivity contribution >= 4 is 22.7 Å². The number of pyridine rings is 1. The van der Waals surface area contributed by atoms with Crippen molar-refractivity contribution in [3.8, 4) is 11.5 Å². The highest BCUT2D eigenvalue weighted by Gasteiger charge is 2.13. The van der Waals surface area contributed by atoms with Crippen molar-refractivity contribution < 1.29 is 4.74 Å². The summed E-state index contributed by atoms with van der Waals surface area (Å²) in [5.74, 6) is 1.72. The van der Waals surface area contributed by atoms with E-state index in [0.717, 1.165) is 22.2 Å². The van der Waals surface area contributed by atoms with Gasteiger partial charge in [-0.05, 0) is 29.7 Å². The molecule has 0 atom stereocenters. The molecule has 0 amide bonds. The molecule has 3 rings (SSSR count). The molecule has 0 unspecified atom stereocenters. The van der Waals surface area contributed by atoms with E-state index in [1.807, 2.05) is 24.3 Å². The summed E-state index contributed by atoms with van der Waals surface area (Å²) in [6.45, 7) is 4.19. The fourth-order valence-electron chi connectivity index (χ4n) is 2.25. The van der Waals surface area contributed by atoms with Crippen molar-refractivity contribution in [2.45, 2.75) is 19.8 Å². The molecule has 0 bridgehead atoms. The smallest absolute Gasteiger partial charge is 0.222 e. The number of nitrogens with zero attached hydrogens (tertiary/aromatic N) is 3. The van der Waals surface area contributed by atoms with Crippen LogP contribution in [0.3, 0.4) is 0 Å². The van der Waals surface area contributed by atoms with Gasteiger partial charge in [0.2, 0.25) is 5.95 Å². The molecule has 0 aliphatic rings. The van der Waals surface area contributed by atoms with Gasteiger partial charge in [-0.25, -0.2) is 4.98 Å². The van der Waals surface area contributed by atoms with Crippen LogP contribution in [-0.4, -0.2) is 15.0 Å². The Morgan fingerprint density at radius 1 is 1.09 bits per heavy atom. The summed E-state index contributed by atoms with van der Waals surface area (Å²) < 4.78 is 5.93. The van der Waals surface area contributed by atoms with Crippen molar-refractivity contribution in [1.82, 2.24) is 15.0 Å². The Balaban J connectivity index is 2.10. The molecule has 0 fully saturated rings. The van der Waals surface area contributed by atoms with Gasteiger partial charge in [-0.1, -0.05) is 19.9 Å². The minimum atomic E-state index is 0.122. The number of anilines is 2. The van der Waals surface area contributed by atoms with E-state index in [1.165, 1.54) is 6.20 Å². The van der Waals surface area contributed by atoms with Crippen LogP contribution < -0.4 is 16.2 Å². The molecule has 0 radical (unpaired) electrons. The fraction of sp³-hybridized carbons (Fsp3) is 0.188. The topological polar surface area (TPSA) is 99.9 Å². The monoisotopic (exact) mass is 295 g/mol. The van der Waals surface area contributed by atoms with Crippen molar-refractivity contribution in [2.24, 2.45) is 0 Å². The Morgan fingerprint density at radius 3 is 2.64 bits per heavy atom. The first-order valence-electron chi connectivity index (χ1n) is 6.99. The second-order valence-corrected chi connectivity index (χ2v) is 5.32. The molecule has 6 heteroatoms. The molecular formula is C16H17N5O. The van der Waals surface area contributed by atoms with Crippen LogP contribution in [0.5, 0.6) is 11.5 Å². The minimum absolute atomic E-state index is 0.122. The van der Waals surface area contributed by atoms with E-state index < -0.39 is 0 Å². The number of hydrogen-bond acceptors (Lipinski definition) is 6. The van der Waals surface area contributed by atoms with E-state index in [1.54, 1.807) is 6.20 Å². The standard InChI is InChI=1S/C16H17N5O/c1-9(2)11-7-12-10(4-3-5-19-12)6-13(11)22-14-8-20-16(18)21-15(14)17/h3-9H,1-2H3,(H4,17,18,20,21).